The molecule has 0 bridgehead atoms. The van der Waals surface area contributed by atoms with Gasteiger partial charge in [-0.25, -0.2) is 4.79 Å². The van der Waals surface area contributed by atoms with Crippen LogP contribution in [-0.2, 0) is 14.3 Å². The van der Waals surface area contributed by atoms with E-state index in [4.69, 9.17) is 0 Å². The highest BCUT2D eigenvalue weighted by Gasteiger charge is 2.13. The maximum Gasteiger partial charge on any atom is 0.396 e. The zero-order valence-electron chi connectivity index (χ0n) is 11.9. The summed E-state index contributed by atoms with van der Waals surface area (Å²) < 4.78 is 4.59. The third-order valence-electron chi connectivity index (χ3n) is 2.60. The fourth-order valence-electron chi connectivity index (χ4n) is 1.50. The fourth-order valence-corrected chi connectivity index (χ4v) is 1.50. The first-order valence-corrected chi connectivity index (χ1v) is 6.55. The first-order chi connectivity index (χ1) is 8.47. The van der Waals surface area contributed by atoms with E-state index >= 15 is 0 Å². The quantitative estimate of drug-likeness (QED) is 0.432. The molecule has 4 nitrogen and oxygen atoms in total. The molecule has 18 heavy (non-hydrogen) atoms. The van der Waals surface area contributed by atoms with Gasteiger partial charge in [0.2, 0.25) is 0 Å². The second kappa shape index (κ2) is 9.68. The van der Waals surface area contributed by atoms with Crippen LogP contribution in [0.2, 0.25) is 0 Å². The third kappa shape index (κ3) is 8.79. The molecular weight excluding hydrogens is 230 g/mol. The maximum absolute atomic E-state index is 11.2. The normalized spacial score (nSPS) is 11.6. The number of carbonyl (C=O) groups excluding carboxylic acids is 2. The summed E-state index contributed by atoms with van der Waals surface area (Å²) in [7, 11) is 0. The molecule has 0 fully saturated rings. The van der Waals surface area contributed by atoms with Gasteiger partial charge in [-0.1, -0.05) is 18.6 Å². The molecule has 0 aliphatic carbocycles. The van der Waals surface area contributed by atoms with Crippen LogP contribution in [0.5, 0.6) is 0 Å². The lowest BCUT2D eigenvalue weighted by molar-refractivity contribution is -0.154. The molecule has 0 radical (unpaired) electrons. The summed E-state index contributed by atoms with van der Waals surface area (Å²) in [6.07, 6.45) is 5.26. The summed E-state index contributed by atoms with van der Waals surface area (Å²) in [6, 6.07) is 0. The predicted octanol–water partition coefficient (Wildman–Crippen LogP) is 2.44. The third-order valence-corrected chi connectivity index (χ3v) is 2.60. The summed E-state index contributed by atoms with van der Waals surface area (Å²) in [6.45, 7) is 8.75. The summed E-state index contributed by atoms with van der Waals surface area (Å²) in [5.41, 5.74) is 1.33. The van der Waals surface area contributed by atoms with Crippen molar-refractivity contribution in [3.63, 3.8) is 0 Å². The summed E-state index contributed by atoms with van der Waals surface area (Å²) in [5, 5.41) is 2.57. The summed E-state index contributed by atoms with van der Waals surface area (Å²) in [4.78, 5) is 22.2. The summed E-state index contributed by atoms with van der Waals surface area (Å²) >= 11 is 0. The molecule has 0 heterocycles. The topological polar surface area (TPSA) is 55.4 Å². The van der Waals surface area contributed by atoms with Gasteiger partial charge in [-0.15, -0.1) is 0 Å². The van der Waals surface area contributed by atoms with E-state index in [0.29, 0.717) is 12.5 Å². The number of rotatable bonds is 7. The van der Waals surface area contributed by atoms with Crippen molar-refractivity contribution in [2.45, 2.75) is 47.0 Å². The molecule has 0 aliphatic rings. The molecule has 1 unspecified atom stereocenters. The number of hydrogen-bond acceptors (Lipinski definition) is 3. The molecular formula is C14H25NO3. The van der Waals surface area contributed by atoms with E-state index in [9.17, 15) is 9.59 Å². The molecule has 104 valence electrons. The Morgan fingerprint density at radius 2 is 1.94 bits per heavy atom. The average molecular weight is 255 g/mol. The lowest BCUT2D eigenvalue weighted by atomic mass is 10.0. The van der Waals surface area contributed by atoms with Gasteiger partial charge in [0.25, 0.3) is 0 Å². The highest BCUT2D eigenvalue weighted by molar-refractivity contribution is 6.32. The fraction of sp³-hybridized carbons (Fsp3) is 0.714. The first kappa shape index (κ1) is 16.7. The number of amides is 1. The van der Waals surface area contributed by atoms with E-state index in [1.54, 1.807) is 6.92 Å². The molecule has 1 amide bonds. The lowest BCUT2D eigenvalue weighted by Gasteiger charge is -2.10. The smallest absolute Gasteiger partial charge is 0.396 e. The molecule has 1 N–H and O–H groups in total. The Balaban J connectivity index is 3.67. The zero-order valence-corrected chi connectivity index (χ0v) is 11.9. The highest BCUT2D eigenvalue weighted by Crippen LogP contribution is 2.10. The number of esters is 1. The standard InChI is InChI=1S/C14H25NO3/c1-5-18-14(17)13(16)15-10-9-12(4)8-6-7-11(2)3/h7,12H,5-6,8-10H2,1-4H3,(H,15,16). The number of ether oxygens (including phenoxy) is 1. The van der Waals surface area contributed by atoms with Crippen LogP contribution in [0.25, 0.3) is 0 Å². The maximum atomic E-state index is 11.2. The van der Waals surface area contributed by atoms with E-state index < -0.39 is 11.9 Å². The molecule has 0 aromatic heterocycles. The molecule has 4 heteroatoms. The van der Waals surface area contributed by atoms with Gasteiger partial charge in [-0.3, -0.25) is 4.79 Å². The number of allylic oxidation sites excluding steroid dienone is 2. The van der Waals surface area contributed by atoms with Gasteiger partial charge in [0, 0.05) is 6.54 Å². The zero-order chi connectivity index (χ0) is 14.0. The van der Waals surface area contributed by atoms with Crippen LogP contribution >= 0.6 is 0 Å². The van der Waals surface area contributed by atoms with Crippen molar-refractivity contribution in [1.29, 1.82) is 0 Å². The van der Waals surface area contributed by atoms with E-state index in [1.807, 2.05) is 0 Å². The Morgan fingerprint density at radius 3 is 2.50 bits per heavy atom. The van der Waals surface area contributed by atoms with E-state index in [1.165, 1.54) is 5.57 Å². The van der Waals surface area contributed by atoms with Crippen molar-refractivity contribution >= 4 is 11.9 Å². The van der Waals surface area contributed by atoms with Gasteiger partial charge < -0.3 is 10.1 Å². The molecule has 0 aromatic rings. The average Bonchev–Trinajstić information content (AvgIpc) is 2.28. The van der Waals surface area contributed by atoms with Crippen LogP contribution in [0.4, 0.5) is 0 Å². The van der Waals surface area contributed by atoms with Crippen molar-refractivity contribution in [2.24, 2.45) is 5.92 Å². The van der Waals surface area contributed by atoms with Gasteiger partial charge >= 0.3 is 11.9 Å². The minimum absolute atomic E-state index is 0.228. The lowest BCUT2D eigenvalue weighted by Crippen LogP contribution is -2.33. The van der Waals surface area contributed by atoms with Crippen LogP contribution in [0, 0.1) is 5.92 Å². The molecule has 0 aliphatic heterocycles. The van der Waals surface area contributed by atoms with Gasteiger partial charge in [-0.05, 0) is 46.0 Å². The SMILES string of the molecule is CCOC(=O)C(=O)NCCC(C)CCC=C(C)C. The molecule has 0 aromatic carbocycles. The molecule has 0 saturated carbocycles. The van der Waals surface area contributed by atoms with Crippen molar-refractivity contribution in [3.05, 3.63) is 11.6 Å². The van der Waals surface area contributed by atoms with Gasteiger partial charge in [0.05, 0.1) is 6.61 Å². The second-order valence-corrected chi connectivity index (χ2v) is 4.73. The second-order valence-electron chi connectivity index (χ2n) is 4.73. The van der Waals surface area contributed by atoms with Gasteiger partial charge in [0.1, 0.15) is 0 Å². The molecule has 0 rings (SSSR count). The van der Waals surface area contributed by atoms with Gasteiger partial charge in [0.15, 0.2) is 0 Å². The molecule has 0 spiro atoms. The molecule has 0 saturated heterocycles. The van der Waals surface area contributed by atoms with Crippen LogP contribution in [0.15, 0.2) is 11.6 Å². The van der Waals surface area contributed by atoms with Gasteiger partial charge in [-0.2, -0.15) is 0 Å². The van der Waals surface area contributed by atoms with Crippen molar-refractivity contribution in [3.8, 4) is 0 Å². The van der Waals surface area contributed by atoms with E-state index in [2.05, 4.69) is 36.9 Å². The Bertz CT molecular complexity index is 293. The molecule has 1 atom stereocenters. The predicted molar refractivity (Wildman–Crippen MR) is 72.1 cm³/mol. The highest BCUT2D eigenvalue weighted by atomic mass is 16.5. The van der Waals surface area contributed by atoms with Crippen LogP contribution in [-0.4, -0.2) is 25.0 Å². The van der Waals surface area contributed by atoms with Crippen LogP contribution in [0.3, 0.4) is 0 Å². The van der Waals surface area contributed by atoms with Crippen molar-refractivity contribution in [2.75, 3.05) is 13.2 Å². The van der Waals surface area contributed by atoms with Crippen LogP contribution < -0.4 is 5.32 Å². The Morgan fingerprint density at radius 1 is 1.28 bits per heavy atom. The minimum atomic E-state index is -0.797. The Kier molecular flexibility index (Phi) is 8.97. The summed E-state index contributed by atoms with van der Waals surface area (Å²) in [5.74, 6) is -0.911. The number of nitrogens with one attached hydrogen (secondary N) is 1. The first-order valence-electron chi connectivity index (χ1n) is 6.55. The number of carbonyl (C=O) groups is 2. The Hall–Kier alpha value is -1.32. The number of hydrogen-bond donors (Lipinski definition) is 1. The van der Waals surface area contributed by atoms with E-state index in [-0.39, 0.29) is 6.61 Å². The van der Waals surface area contributed by atoms with Crippen molar-refractivity contribution < 1.29 is 14.3 Å². The Labute approximate surface area is 110 Å². The minimum Gasteiger partial charge on any atom is -0.459 e. The van der Waals surface area contributed by atoms with Crippen molar-refractivity contribution in [1.82, 2.24) is 5.32 Å². The van der Waals surface area contributed by atoms with Crippen LogP contribution in [0.1, 0.15) is 47.0 Å². The largest absolute Gasteiger partial charge is 0.459 e. The van der Waals surface area contributed by atoms with E-state index in [0.717, 1.165) is 19.3 Å². The monoisotopic (exact) mass is 255 g/mol.